The second-order valence-electron chi connectivity index (χ2n) is 2.64. The van der Waals surface area contributed by atoms with Gasteiger partial charge in [-0.3, -0.25) is 0 Å². The number of benzene rings is 1. The number of nitrogens with two attached hydrogens (primary N) is 1. The fourth-order valence-electron chi connectivity index (χ4n) is 0.975. The molecule has 15 heavy (non-hydrogen) atoms. The van der Waals surface area contributed by atoms with E-state index < -0.39 is 17.5 Å². The molecule has 0 aromatic heterocycles. The minimum Gasteiger partial charge on any atom is -0.505 e. The molecule has 0 heterocycles. The number of hydrogen-bond donors (Lipinski definition) is 4. The smallest absolute Gasteiger partial charge is 0.337 e. The lowest BCUT2D eigenvalue weighted by molar-refractivity contribution is 0.0697. The number of thiocarbonyl (C=S) groups is 1. The standard InChI is InChI=1S/C8H7FN2O3S/c9-4-2-5(11-8(10)15)3(7(13)14)1-6(4)12/h1-2,12H,(H,13,14)(H3,10,11,15). The Morgan fingerprint density at radius 1 is 1.53 bits per heavy atom. The zero-order valence-electron chi connectivity index (χ0n) is 7.32. The zero-order chi connectivity index (χ0) is 11.6. The molecule has 5 N–H and O–H groups in total. The zero-order valence-corrected chi connectivity index (χ0v) is 8.14. The average Bonchev–Trinajstić information content (AvgIpc) is 2.09. The third-order valence-electron chi connectivity index (χ3n) is 1.58. The van der Waals surface area contributed by atoms with Crippen LogP contribution >= 0.6 is 12.2 Å². The lowest BCUT2D eigenvalue weighted by Gasteiger charge is -2.08. The van der Waals surface area contributed by atoms with Crippen LogP contribution < -0.4 is 11.1 Å². The van der Waals surface area contributed by atoms with Gasteiger partial charge in [0.05, 0.1) is 11.3 Å². The van der Waals surface area contributed by atoms with Gasteiger partial charge in [-0.25, -0.2) is 9.18 Å². The molecule has 5 nitrogen and oxygen atoms in total. The molecular weight excluding hydrogens is 223 g/mol. The predicted molar refractivity (Wildman–Crippen MR) is 55.4 cm³/mol. The van der Waals surface area contributed by atoms with Crippen molar-refractivity contribution in [3.05, 3.63) is 23.5 Å². The number of phenols is 1. The number of halogens is 1. The van der Waals surface area contributed by atoms with Crippen molar-refractivity contribution in [1.29, 1.82) is 0 Å². The fourth-order valence-corrected chi connectivity index (χ4v) is 1.08. The van der Waals surface area contributed by atoms with Crippen molar-refractivity contribution >= 4 is 29.0 Å². The summed E-state index contributed by atoms with van der Waals surface area (Å²) in [4.78, 5) is 10.7. The Bertz CT molecular complexity index is 436. The highest BCUT2D eigenvalue weighted by atomic mass is 32.1. The number of carbonyl (C=O) groups is 1. The van der Waals surface area contributed by atoms with E-state index in [4.69, 9.17) is 15.9 Å². The topological polar surface area (TPSA) is 95.6 Å². The number of aromatic carboxylic acids is 1. The van der Waals surface area contributed by atoms with E-state index >= 15 is 0 Å². The Morgan fingerprint density at radius 3 is 2.60 bits per heavy atom. The van der Waals surface area contributed by atoms with Crippen LogP contribution in [0.5, 0.6) is 5.75 Å². The van der Waals surface area contributed by atoms with Crippen molar-refractivity contribution in [1.82, 2.24) is 0 Å². The first-order valence-electron chi connectivity index (χ1n) is 3.74. The van der Waals surface area contributed by atoms with Crippen molar-refractivity contribution in [3.63, 3.8) is 0 Å². The largest absolute Gasteiger partial charge is 0.505 e. The average molecular weight is 230 g/mol. The molecule has 80 valence electrons. The van der Waals surface area contributed by atoms with Gasteiger partial charge in [-0.1, -0.05) is 0 Å². The molecule has 0 saturated carbocycles. The van der Waals surface area contributed by atoms with Gasteiger partial charge in [-0.05, 0) is 18.3 Å². The van der Waals surface area contributed by atoms with Crippen LogP contribution in [-0.4, -0.2) is 21.3 Å². The van der Waals surface area contributed by atoms with Gasteiger partial charge in [-0.2, -0.15) is 0 Å². The van der Waals surface area contributed by atoms with E-state index in [9.17, 15) is 9.18 Å². The quantitative estimate of drug-likeness (QED) is 0.445. The molecule has 0 radical (unpaired) electrons. The molecule has 0 amide bonds. The van der Waals surface area contributed by atoms with Crippen LogP contribution in [0.25, 0.3) is 0 Å². The summed E-state index contributed by atoms with van der Waals surface area (Å²) in [5.41, 5.74) is 4.70. The minimum atomic E-state index is -1.33. The summed E-state index contributed by atoms with van der Waals surface area (Å²) in [6.07, 6.45) is 0. The molecule has 1 aromatic rings. The van der Waals surface area contributed by atoms with Crippen LogP contribution in [0.2, 0.25) is 0 Å². The number of hydrogen-bond acceptors (Lipinski definition) is 3. The fraction of sp³-hybridized carbons (Fsp3) is 0. The number of nitrogens with one attached hydrogen (secondary N) is 1. The Morgan fingerprint density at radius 2 is 2.13 bits per heavy atom. The molecule has 0 atom stereocenters. The summed E-state index contributed by atoms with van der Waals surface area (Å²) < 4.78 is 12.9. The van der Waals surface area contributed by atoms with Gasteiger partial charge < -0.3 is 21.3 Å². The normalized spacial score (nSPS) is 9.67. The van der Waals surface area contributed by atoms with Crippen LogP contribution in [-0.2, 0) is 0 Å². The van der Waals surface area contributed by atoms with Gasteiger partial charge in [-0.15, -0.1) is 0 Å². The van der Waals surface area contributed by atoms with Crippen molar-refractivity contribution in [3.8, 4) is 5.75 Å². The summed E-state index contributed by atoms with van der Waals surface area (Å²) in [5.74, 6) is -3.04. The van der Waals surface area contributed by atoms with E-state index in [0.717, 1.165) is 12.1 Å². The monoisotopic (exact) mass is 230 g/mol. The first-order valence-corrected chi connectivity index (χ1v) is 4.15. The molecule has 0 bridgehead atoms. The first kappa shape index (κ1) is 11.2. The molecule has 0 aliphatic heterocycles. The lowest BCUT2D eigenvalue weighted by atomic mass is 10.1. The lowest BCUT2D eigenvalue weighted by Crippen LogP contribution is -2.20. The van der Waals surface area contributed by atoms with Gasteiger partial charge in [0.15, 0.2) is 16.7 Å². The van der Waals surface area contributed by atoms with Gasteiger partial charge >= 0.3 is 5.97 Å². The van der Waals surface area contributed by atoms with E-state index in [1.807, 2.05) is 0 Å². The van der Waals surface area contributed by atoms with Crippen molar-refractivity contribution in [2.45, 2.75) is 0 Å². The third kappa shape index (κ3) is 2.53. The number of carboxylic acid groups (broad SMARTS) is 1. The van der Waals surface area contributed by atoms with Crippen LogP contribution in [0.4, 0.5) is 10.1 Å². The molecule has 0 aliphatic rings. The van der Waals surface area contributed by atoms with E-state index in [2.05, 4.69) is 17.5 Å². The molecule has 1 aromatic carbocycles. The molecule has 7 heteroatoms. The minimum absolute atomic E-state index is 0.106. The molecule has 1 rings (SSSR count). The van der Waals surface area contributed by atoms with Gasteiger partial charge in [0.2, 0.25) is 0 Å². The highest BCUT2D eigenvalue weighted by Gasteiger charge is 2.14. The Kier molecular flexibility index (Phi) is 3.05. The second kappa shape index (κ2) is 4.09. The Hall–Kier alpha value is -1.89. The maximum Gasteiger partial charge on any atom is 0.337 e. The SMILES string of the molecule is NC(=S)Nc1cc(F)c(O)cc1C(=O)O. The number of anilines is 1. The molecule has 0 fully saturated rings. The number of aromatic hydroxyl groups is 1. The highest BCUT2D eigenvalue weighted by Crippen LogP contribution is 2.24. The Balaban J connectivity index is 3.28. The first-order chi connectivity index (χ1) is 6.91. The van der Waals surface area contributed by atoms with Gasteiger partial charge in [0.25, 0.3) is 0 Å². The van der Waals surface area contributed by atoms with Crippen LogP contribution in [0.1, 0.15) is 10.4 Å². The van der Waals surface area contributed by atoms with Crippen LogP contribution in [0.15, 0.2) is 12.1 Å². The summed E-state index contributed by atoms with van der Waals surface area (Å²) in [6.45, 7) is 0. The summed E-state index contributed by atoms with van der Waals surface area (Å²) >= 11 is 4.49. The number of carboxylic acids is 1. The Labute approximate surface area is 89.3 Å². The number of phenolic OH excluding ortho intramolecular Hbond substituents is 1. The molecule has 0 unspecified atom stereocenters. The predicted octanol–water partition coefficient (Wildman–Crippen LogP) is 0.885. The van der Waals surface area contributed by atoms with Crippen molar-refractivity contribution < 1.29 is 19.4 Å². The van der Waals surface area contributed by atoms with E-state index in [0.29, 0.717) is 0 Å². The van der Waals surface area contributed by atoms with E-state index in [-0.39, 0.29) is 16.4 Å². The molecule has 0 aliphatic carbocycles. The summed E-state index contributed by atoms with van der Waals surface area (Å²) in [6, 6.07) is 1.58. The second-order valence-corrected chi connectivity index (χ2v) is 3.08. The molecule has 0 spiro atoms. The summed E-state index contributed by atoms with van der Waals surface area (Å²) in [7, 11) is 0. The van der Waals surface area contributed by atoms with Gasteiger partial charge in [0, 0.05) is 6.07 Å². The number of rotatable bonds is 2. The highest BCUT2D eigenvalue weighted by molar-refractivity contribution is 7.80. The van der Waals surface area contributed by atoms with E-state index in [1.165, 1.54) is 0 Å². The van der Waals surface area contributed by atoms with Crippen molar-refractivity contribution in [2.24, 2.45) is 5.73 Å². The molecular formula is C8H7FN2O3S. The third-order valence-corrected chi connectivity index (χ3v) is 1.68. The summed E-state index contributed by atoms with van der Waals surface area (Å²) in [5, 5.41) is 19.8. The van der Waals surface area contributed by atoms with Crippen LogP contribution in [0.3, 0.4) is 0 Å². The van der Waals surface area contributed by atoms with E-state index in [1.54, 1.807) is 0 Å². The maximum absolute atomic E-state index is 12.9. The molecule has 0 saturated heterocycles. The van der Waals surface area contributed by atoms with Crippen LogP contribution in [0, 0.1) is 5.82 Å². The van der Waals surface area contributed by atoms with Crippen molar-refractivity contribution in [2.75, 3.05) is 5.32 Å². The maximum atomic E-state index is 12.9. The van der Waals surface area contributed by atoms with Gasteiger partial charge in [0.1, 0.15) is 0 Å².